The van der Waals surface area contributed by atoms with Crippen LogP contribution in [-0.4, -0.2) is 17.7 Å². The summed E-state index contributed by atoms with van der Waals surface area (Å²) in [4.78, 5) is 4.74. The minimum atomic E-state index is 0.578. The fourth-order valence-corrected chi connectivity index (χ4v) is 5.59. The molecular formula is C27H33Cl4N4+. The second-order valence-electron chi connectivity index (χ2n) is 8.98. The lowest BCUT2D eigenvalue weighted by molar-refractivity contribution is -0.674. The van der Waals surface area contributed by atoms with Gasteiger partial charge in [0.15, 0.2) is 11.0 Å². The molecule has 2 aromatic carbocycles. The molecule has 0 N–H and O–H groups in total. The van der Waals surface area contributed by atoms with Crippen LogP contribution in [0.25, 0.3) is 17.1 Å². The van der Waals surface area contributed by atoms with E-state index in [-0.39, 0.29) is 0 Å². The number of halogens is 4. The van der Waals surface area contributed by atoms with Crippen LogP contribution in [0, 0.1) is 0 Å². The zero-order chi connectivity index (χ0) is 25.3. The quantitative estimate of drug-likeness (QED) is 0.245. The summed E-state index contributed by atoms with van der Waals surface area (Å²) in [5, 5.41) is 2.31. The first-order valence-electron chi connectivity index (χ1n) is 12.5. The third-order valence-electron chi connectivity index (χ3n) is 6.35. The Morgan fingerprint density at radius 2 is 1.20 bits per heavy atom. The molecule has 188 valence electrons. The van der Waals surface area contributed by atoms with E-state index in [0.29, 0.717) is 20.1 Å². The SMILES string of the molecule is CCCN1C(=Cc2n(CCC)c3cc(Cl)c(Cl)cc3[n+]2CCC)N(CCC)c2cc(Cl)c(Cl)cc21. The lowest BCUT2D eigenvalue weighted by atomic mass is 10.2. The Labute approximate surface area is 228 Å². The number of benzene rings is 2. The van der Waals surface area contributed by atoms with E-state index in [1.54, 1.807) is 0 Å². The molecule has 0 fully saturated rings. The smallest absolute Gasteiger partial charge is 0.286 e. The van der Waals surface area contributed by atoms with Crippen molar-refractivity contribution in [3.05, 3.63) is 56.0 Å². The van der Waals surface area contributed by atoms with Crippen LogP contribution in [0.1, 0.15) is 59.2 Å². The Bertz CT molecular complexity index is 1170. The van der Waals surface area contributed by atoms with Crippen molar-refractivity contribution in [2.24, 2.45) is 0 Å². The third-order valence-corrected chi connectivity index (χ3v) is 7.80. The van der Waals surface area contributed by atoms with Gasteiger partial charge in [0.1, 0.15) is 5.82 Å². The zero-order valence-corrected chi connectivity index (χ0v) is 23.9. The van der Waals surface area contributed by atoms with Crippen LogP contribution in [0.15, 0.2) is 30.1 Å². The zero-order valence-electron chi connectivity index (χ0n) is 20.8. The summed E-state index contributed by atoms with van der Waals surface area (Å²) in [6.45, 7) is 12.3. The molecule has 8 heteroatoms. The van der Waals surface area contributed by atoms with Crippen LogP contribution in [0.2, 0.25) is 20.1 Å². The van der Waals surface area contributed by atoms with Crippen LogP contribution in [0.5, 0.6) is 0 Å². The molecule has 2 heterocycles. The molecule has 0 atom stereocenters. The second-order valence-corrected chi connectivity index (χ2v) is 10.6. The average molecular weight is 555 g/mol. The summed E-state index contributed by atoms with van der Waals surface area (Å²) < 4.78 is 4.74. The maximum absolute atomic E-state index is 6.48. The Morgan fingerprint density at radius 1 is 0.686 bits per heavy atom. The van der Waals surface area contributed by atoms with Gasteiger partial charge in [-0.15, -0.1) is 0 Å². The summed E-state index contributed by atoms with van der Waals surface area (Å²) >= 11 is 25.9. The topological polar surface area (TPSA) is 15.3 Å². The molecule has 0 radical (unpaired) electrons. The van der Waals surface area contributed by atoms with E-state index in [1.807, 2.05) is 24.3 Å². The number of nitrogens with zero attached hydrogens (tertiary/aromatic N) is 4. The molecule has 4 rings (SSSR count). The van der Waals surface area contributed by atoms with Crippen molar-refractivity contribution < 1.29 is 4.57 Å². The molecule has 0 spiro atoms. The predicted molar refractivity (Wildman–Crippen MR) is 152 cm³/mol. The summed E-state index contributed by atoms with van der Waals surface area (Å²) in [5.41, 5.74) is 4.42. The third kappa shape index (κ3) is 4.87. The Kier molecular flexibility index (Phi) is 8.48. The number of rotatable bonds is 9. The van der Waals surface area contributed by atoms with Crippen molar-refractivity contribution in [3.63, 3.8) is 0 Å². The molecular weight excluding hydrogens is 522 g/mol. The maximum Gasteiger partial charge on any atom is 0.286 e. The van der Waals surface area contributed by atoms with Crippen molar-refractivity contribution >= 4 is 74.9 Å². The van der Waals surface area contributed by atoms with Crippen LogP contribution in [0.3, 0.4) is 0 Å². The predicted octanol–water partition coefficient (Wildman–Crippen LogP) is 8.81. The first kappa shape index (κ1) is 26.5. The highest BCUT2D eigenvalue weighted by atomic mass is 35.5. The molecule has 0 saturated heterocycles. The molecule has 0 bridgehead atoms. The lowest BCUT2D eigenvalue weighted by Crippen LogP contribution is -2.38. The monoisotopic (exact) mass is 553 g/mol. The maximum atomic E-state index is 6.48. The fourth-order valence-electron chi connectivity index (χ4n) is 4.96. The van der Waals surface area contributed by atoms with Gasteiger partial charge in [-0.3, -0.25) is 0 Å². The van der Waals surface area contributed by atoms with E-state index in [2.05, 4.69) is 52.7 Å². The summed E-state index contributed by atoms with van der Waals surface area (Å²) in [6.07, 6.45) is 6.36. The highest BCUT2D eigenvalue weighted by Crippen LogP contribution is 2.46. The fraction of sp³-hybridized carbons (Fsp3) is 0.444. The lowest BCUT2D eigenvalue weighted by Gasteiger charge is -2.24. The van der Waals surface area contributed by atoms with Gasteiger partial charge in [-0.2, -0.15) is 0 Å². The standard InChI is InChI=1S/C27H33Cl4N4/c1-5-9-32-22-13-18(28)19(29)14-23(22)33(10-6-2)26(32)17-27-34(11-7-3)24-15-20(30)21(31)16-25(24)35(27)12-8-4/h13-17H,5-12H2,1-4H3/q+1. The highest BCUT2D eigenvalue weighted by Gasteiger charge is 2.34. The van der Waals surface area contributed by atoms with Gasteiger partial charge >= 0.3 is 0 Å². The minimum absolute atomic E-state index is 0.578. The van der Waals surface area contributed by atoms with Crippen LogP contribution in [-0.2, 0) is 13.1 Å². The van der Waals surface area contributed by atoms with E-state index in [1.165, 1.54) is 0 Å². The van der Waals surface area contributed by atoms with Crippen LogP contribution < -0.4 is 14.4 Å². The first-order valence-corrected chi connectivity index (χ1v) is 14.0. The van der Waals surface area contributed by atoms with Gasteiger partial charge in [-0.05, 0) is 37.8 Å². The summed E-state index contributed by atoms with van der Waals surface area (Å²) in [5.74, 6) is 2.29. The van der Waals surface area contributed by atoms with Crippen LogP contribution in [0.4, 0.5) is 11.4 Å². The Hall–Kier alpha value is -1.59. The van der Waals surface area contributed by atoms with Crippen molar-refractivity contribution in [1.82, 2.24) is 4.57 Å². The average Bonchev–Trinajstić information content (AvgIpc) is 3.23. The van der Waals surface area contributed by atoms with Crippen molar-refractivity contribution in [2.75, 3.05) is 22.9 Å². The summed E-state index contributed by atoms with van der Waals surface area (Å²) in [6, 6.07) is 8.00. The largest absolute Gasteiger partial charge is 0.326 e. The van der Waals surface area contributed by atoms with Gasteiger partial charge in [0.05, 0.1) is 50.6 Å². The number of fused-ring (bicyclic) bond motifs is 2. The number of hydrogen-bond acceptors (Lipinski definition) is 2. The molecule has 35 heavy (non-hydrogen) atoms. The van der Waals surface area contributed by atoms with Gasteiger partial charge in [0.25, 0.3) is 5.82 Å². The Balaban J connectivity index is 2.01. The van der Waals surface area contributed by atoms with Crippen molar-refractivity contribution in [2.45, 2.75) is 66.5 Å². The highest BCUT2D eigenvalue weighted by molar-refractivity contribution is 6.43. The molecule has 0 aliphatic carbocycles. The van der Waals surface area contributed by atoms with E-state index in [9.17, 15) is 0 Å². The number of anilines is 2. The summed E-state index contributed by atoms with van der Waals surface area (Å²) in [7, 11) is 0. The number of aryl methyl sites for hydroxylation is 2. The Morgan fingerprint density at radius 3 is 1.71 bits per heavy atom. The molecule has 0 saturated carbocycles. The van der Waals surface area contributed by atoms with Crippen molar-refractivity contribution in [1.29, 1.82) is 0 Å². The molecule has 1 aliphatic rings. The number of imidazole rings is 1. The molecule has 0 amide bonds. The number of hydrogen-bond donors (Lipinski definition) is 0. The molecule has 1 aromatic heterocycles. The van der Waals surface area contributed by atoms with Gasteiger partial charge in [-0.25, -0.2) is 9.13 Å². The molecule has 3 aromatic rings. The van der Waals surface area contributed by atoms with E-state index < -0.39 is 0 Å². The minimum Gasteiger partial charge on any atom is -0.326 e. The van der Waals surface area contributed by atoms with E-state index >= 15 is 0 Å². The normalized spacial score (nSPS) is 13.3. The molecule has 0 unspecified atom stereocenters. The van der Waals surface area contributed by atoms with Crippen LogP contribution >= 0.6 is 46.4 Å². The van der Waals surface area contributed by atoms with E-state index in [0.717, 1.165) is 85.9 Å². The second kappa shape index (κ2) is 11.2. The van der Waals surface area contributed by atoms with Gasteiger partial charge in [0, 0.05) is 25.2 Å². The molecule has 4 nitrogen and oxygen atoms in total. The first-order chi connectivity index (χ1) is 16.9. The molecule has 1 aliphatic heterocycles. The van der Waals surface area contributed by atoms with Gasteiger partial charge in [-0.1, -0.05) is 74.1 Å². The van der Waals surface area contributed by atoms with E-state index in [4.69, 9.17) is 46.4 Å². The van der Waals surface area contributed by atoms with Gasteiger partial charge in [0.2, 0.25) is 0 Å². The van der Waals surface area contributed by atoms with Crippen molar-refractivity contribution in [3.8, 4) is 0 Å². The van der Waals surface area contributed by atoms with Gasteiger partial charge < -0.3 is 9.80 Å². The number of aromatic nitrogens is 2.